The molecule has 2 atom stereocenters. The van der Waals surface area contributed by atoms with E-state index >= 15 is 0 Å². The number of allylic oxidation sites excluding steroid dienone is 4. The Morgan fingerprint density at radius 1 is 0.469 bits per heavy atom. The van der Waals surface area contributed by atoms with Gasteiger partial charge in [0, 0.05) is 13.0 Å². The topological polar surface area (TPSA) is 94.1 Å². The van der Waals surface area contributed by atoms with Crippen molar-refractivity contribution in [3.05, 3.63) is 24.3 Å². The summed E-state index contributed by atoms with van der Waals surface area (Å²) in [6, 6.07) is 0. The number of phosphoric acid groups is 1. The Morgan fingerprint density at radius 2 is 0.812 bits per heavy atom. The van der Waals surface area contributed by atoms with E-state index < -0.39 is 13.9 Å². The average Bonchev–Trinajstić information content (AvgIpc) is 3.25. The summed E-state index contributed by atoms with van der Waals surface area (Å²) in [5.41, 5.74) is 0. The number of carbonyl (C=O) groups excluding carboxylic acids is 1. The van der Waals surface area contributed by atoms with Gasteiger partial charge in [-0.1, -0.05) is 218 Å². The molecule has 0 aromatic carbocycles. The lowest BCUT2D eigenvalue weighted by atomic mass is 10.0. The van der Waals surface area contributed by atoms with Crippen molar-refractivity contribution in [1.82, 2.24) is 0 Å². The minimum atomic E-state index is -4.53. The molecule has 0 fully saturated rings. The van der Waals surface area contributed by atoms with Crippen molar-refractivity contribution in [3.8, 4) is 0 Å². The van der Waals surface area contributed by atoms with Gasteiger partial charge in [0.25, 0.3) is 7.82 Å². The molecule has 0 radical (unpaired) electrons. The third-order valence-corrected chi connectivity index (χ3v) is 13.2. The molecule has 8 nitrogen and oxygen atoms in total. The van der Waals surface area contributed by atoms with Crippen LogP contribution in [0.2, 0.25) is 0 Å². The van der Waals surface area contributed by atoms with Gasteiger partial charge in [-0.25, -0.2) is 0 Å². The zero-order valence-corrected chi connectivity index (χ0v) is 44.1. The summed E-state index contributed by atoms with van der Waals surface area (Å²) in [7, 11) is 1.37. The molecule has 0 heterocycles. The summed E-state index contributed by atoms with van der Waals surface area (Å²) >= 11 is 0. The lowest BCUT2D eigenvalue weighted by molar-refractivity contribution is -0.870. The fourth-order valence-electron chi connectivity index (χ4n) is 7.95. The summed E-state index contributed by atoms with van der Waals surface area (Å²) in [4.78, 5) is 25.2. The van der Waals surface area contributed by atoms with Gasteiger partial charge in [-0.05, 0) is 64.2 Å². The number of carbonyl (C=O) groups is 1. The second-order valence-electron chi connectivity index (χ2n) is 19.9. The molecule has 2 unspecified atom stereocenters. The molecule has 9 heteroatoms. The molecule has 0 amide bonds. The summed E-state index contributed by atoms with van der Waals surface area (Å²) in [5.74, 6) is -0.331. The van der Waals surface area contributed by atoms with E-state index in [9.17, 15) is 14.3 Å². The van der Waals surface area contributed by atoms with Gasteiger partial charge in [0.2, 0.25) is 0 Å². The first-order valence-corrected chi connectivity index (χ1v) is 29.0. The largest absolute Gasteiger partial charge is 0.756 e. The molecule has 0 aliphatic heterocycles. The van der Waals surface area contributed by atoms with Gasteiger partial charge in [-0.2, -0.15) is 0 Å². The van der Waals surface area contributed by atoms with Crippen LogP contribution in [0.25, 0.3) is 0 Å². The predicted octanol–water partition coefficient (Wildman–Crippen LogP) is 16.5. The van der Waals surface area contributed by atoms with E-state index in [0.717, 1.165) is 32.1 Å². The van der Waals surface area contributed by atoms with Crippen LogP contribution in [0.1, 0.15) is 264 Å². The minimum absolute atomic E-state index is 0.0273. The van der Waals surface area contributed by atoms with Gasteiger partial charge in [0.15, 0.2) is 0 Å². The van der Waals surface area contributed by atoms with E-state index in [2.05, 4.69) is 38.2 Å². The smallest absolute Gasteiger partial charge is 0.306 e. The van der Waals surface area contributed by atoms with Gasteiger partial charge in [-0.15, -0.1) is 0 Å². The first kappa shape index (κ1) is 63.0. The standard InChI is InChI=1S/C55H108NO7P/c1-6-8-10-12-14-16-18-20-22-24-26-27-28-29-30-32-34-36-38-40-42-44-46-48-55(57)63-54(53-62-64(58,59)61-51-49-56(3,4)5)52-60-50-47-45-43-41-39-37-35-33-31-25-23-21-19-17-15-13-11-9-7-2/h23-26,54H,6-22,27-53H2,1-5H3/b25-23-,26-24-. The van der Waals surface area contributed by atoms with Crippen molar-refractivity contribution in [1.29, 1.82) is 0 Å². The molecule has 0 rings (SSSR count). The van der Waals surface area contributed by atoms with Crippen LogP contribution in [0, 0.1) is 0 Å². The molecule has 64 heavy (non-hydrogen) atoms. The van der Waals surface area contributed by atoms with Crippen LogP contribution in [-0.4, -0.2) is 70.7 Å². The maximum Gasteiger partial charge on any atom is 0.306 e. The Hall–Kier alpha value is -1.02. The molecule has 0 bridgehead atoms. The zero-order chi connectivity index (χ0) is 46.9. The van der Waals surface area contributed by atoms with Crippen molar-refractivity contribution < 1.29 is 37.3 Å². The van der Waals surface area contributed by atoms with Crippen molar-refractivity contribution in [3.63, 3.8) is 0 Å². The number of ether oxygens (including phenoxy) is 2. The monoisotopic (exact) mass is 926 g/mol. The molecular weight excluding hydrogens is 818 g/mol. The summed E-state index contributed by atoms with van der Waals surface area (Å²) in [6.45, 7) is 5.46. The number of rotatable bonds is 52. The molecule has 0 aromatic heterocycles. The molecule has 0 aliphatic rings. The summed E-state index contributed by atoms with van der Waals surface area (Å²) in [5, 5.41) is 0. The number of likely N-dealkylation sites (N-methyl/N-ethyl adjacent to an activating group) is 1. The first-order valence-electron chi connectivity index (χ1n) is 27.6. The third kappa shape index (κ3) is 52.0. The van der Waals surface area contributed by atoms with Crippen molar-refractivity contribution in [2.75, 3.05) is 54.1 Å². The number of nitrogens with zero attached hydrogens (tertiary/aromatic N) is 1. The molecule has 0 saturated carbocycles. The second-order valence-corrected chi connectivity index (χ2v) is 21.3. The van der Waals surface area contributed by atoms with E-state index in [4.69, 9.17) is 18.5 Å². The van der Waals surface area contributed by atoms with Crippen LogP contribution in [0.15, 0.2) is 24.3 Å². The van der Waals surface area contributed by atoms with E-state index in [0.29, 0.717) is 24.1 Å². The maximum atomic E-state index is 12.8. The first-order chi connectivity index (χ1) is 31.1. The van der Waals surface area contributed by atoms with Gasteiger partial charge in [0.05, 0.1) is 34.4 Å². The highest BCUT2D eigenvalue weighted by Crippen LogP contribution is 2.38. The summed E-state index contributed by atoms with van der Waals surface area (Å²) < 4.78 is 34.8. The Labute approximate surface area is 398 Å². The maximum absolute atomic E-state index is 12.8. The van der Waals surface area contributed by atoms with E-state index in [-0.39, 0.29) is 25.8 Å². The minimum Gasteiger partial charge on any atom is -0.756 e. The van der Waals surface area contributed by atoms with Crippen LogP contribution in [-0.2, 0) is 27.9 Å². The van der Waals surface area contributed by atoms with Crippen LogP contribution in [0.3, 0.4) is 0 Å². The van der Waals surface area contributed by atoms with Crippen LogP contribution in [0.4, 0.5) is 0 Å². The second kappa shape index (κ2) is 48.4. The third-order valence-electron chi connectivity index (χ3n) is 12.2. The van der Waals surface area contributed by atoms with Gasteiger partial charge in [0.1, 0.15) is 19.3 Å². The quantitative estimate of drug-likeness (QED) is 0.0197. The molecular formula is C55H108NO7P. The fourth-order valence-corrected chi connectivity index (χ4v) is 8.68. The predicted molar refractivity (Wildman–Crippen MR) is 273 cm³/mol. The van der Waals surface area contributed by atoms with E-state index in [1.165, 1.54) is 212 Å². The summed E-state index contributed by atoms with van der Waals surface area (Å²) in [6.07, 6.45) is 57.8. The van der Waals surface area contributed by atoms with Crippen molar-refractivity contribution >= 4 is 13.8 Å². The number of quaternary nitrogens is 1. The highest BCUT2D eigenvalue weighted by molar-refractivity contribution is 7.45. The van der Waals surface area contributed by atoms with E-state index in [1.807, 2.05) is 21.1 Å². The number of unbranched alkanes of at least 4 members (excludes halogenated alkanes) is 34. The molecule has 0 spiro atoms. The van der Waals surface area contributed by atoms with Crippen LogP contribution >= 0.6 is 7.82 Å². The molecule has 380 valence electrons. The Balaban J connectivity index is 4.08. The molecule has 0 N–H and O–H groups in total. The van der Waals surface area contributed by atoms with Gasteiger partial charge < -0.3 is 27.9 Å². The number of esters is 1. The van der Waals surface area contributed by atoms with Crippen molar-refractivity contribution in [2.24, 2.45) is 0 Å². The van der Waals surface area contributed by atoms with Gasteiger partial charge in [-0.3, -0.25) is 9.36 Å². The van der Waals surface area contributed by atoms with Crippen LogP contribution < -0.4 is 4.89 Å². The number of hydrogen-bond donors (Lipinski definition) is 0. The average molecular weight is 926 g/mol. The fraction of sp³-hybridized carbons (Fsp3) is 0.909. The van der Waals surface area contributed by atoms with E-state index in [1.54, 1.807) is 0 Å². The Bertz CT molecular complexity index is 1080. The Kier molecular flexibility index (Phi) is 47.7. The normalized spacial score (nSPS) is 13.7. The zero-order valence-electron chi connectivity index (χ0n) is 43.3. The lowest BCUT2D eigenvalue weighted by Crippen LogP contribution is -2.37. The molecule has 0 aliphatic carbocycles. The highest BCUT2D eigenvalue weighted by atomic mass is 31.2. The molecule has 0 aromatic rings. The highest BCUT2D eigenvalue weighted by Gasteiger charge is 2.20. The van der Waals surface area contributed by atoms with Crippen LogP contribution in [0.5, 0.6) is 0 Å². The van der Waals surface area contributed by atoms with Gasteiger partial charge >= 0.3 is 5.97 Å². The molecule has 0 saturated heterocycles. The SMILES string of the molecule is CCCCCCCCC/C=C\CCCCCCCCCCOCC(COP(=O)([O-])OCC[N+](C)(C)C)OC(=O)CCCCCCCCCCCCC/C=C\CCCCCCCCCC. The lowest BCUT2D eigenvalue weighted by Gasteiger charge is -2.28. The number of phosphoric ester groups is 1. The Morgan fingerprint density at radius 3 is 1.19 bits per heavy atom. The number of hydrogen-bond acceptors (Lipinski definition) is 7. The van der Waals surface area contributed by atoms with Crippen molar-refractivity contribution in [2.45, 2.75) is 270 Å².